The Balaban J connectivity index is 2.27. The first-order valence-corrected chi connectivity index (χ1v) is 5.60. The number of nitrogens with one attached hydrogen (secondary N) is 1. The summed E-state index contributed by atoms with van der Waals surface area (Å²) < 4.78 is 5.49. The fourth-order valence-corrected chi connectivity index (χ4v) is 2.30. The Morgan fingerprint density at radius 1 is 1.31 bits per heavy atom. The SMILES string of the molecule is CCNC1CCC(COCC)C1C. The molecular formula is C11H23NO. The molecule has 3 atom stereocenters. The van der Waals surface area contributed by atoms with Gasteiger partial charge in [0.15, 0.2) is 0 Å². The van der Waals surface area contributed by atoms with Crippen molar-refractivity contribution in [3.05, 3.63) is 0 Å². The van der Waals surface area contributed by atoms with Gasteiger partial charge in [0, 0.05) is 19.3 Å². The summed E-state index contributed by atoms with van der Waals surface area (Å²) in [5.74, 6) is 1.57. The Morgan fingerprint density at radius 3 is 2.69 bits per heavy atom. The molecule has 0 bridgehead atoms. The van der Waals surface area contributed by atoms with Crippen LogP contribution in [0.2, 0.25) is 0 Å². The van der Waals surface area contributed by atoms with Crippen LogP contribution in [-0.4, -0.2) is 25.8 Å². The summed E-state index contributed by atoms with van der Waals surface area (Å²) in [5, 5.41) is 3.55. The van der Waals surface area contributed by atoms with Crippen molar-refractivity contribution in [2.75, 3.05) is 19.8 Å². The van der Waals surface area contributed by atoms with E-state index in [-0.39, 0.29) is 0 Å². The second kappa shape index (κ2) is 5.61. The van der Waals surface area contributed by atoms with Gasteiger partial charge >= 0.3 is 0 Å². The molecule has 13 heavy (non-hydrogen) atoms. The Morgan fingerprint density at radius 2 is 2.08 bits per heavy atom. The third-order valence-corrected chi connectivity index (χ3v) is 3.23. The molecule has 0 aliphatic heterocycles. The van der Waals surface area contributed by atoms with Gasteiger partial charge in [-0.15, -0.1) is 0 Å². The van der Waals surface area contributed by atoms with Crippen LogP contribution < -0.4 is 5.32 Å². The topological polar surface area (TPSA) is 21.3 Å². The van der Waals surface area contributed by atoms with Crippen molar-refractivity contribution < 1.29 is 4.74 Å². The van der Waals surface area contributed by atoms with Crippen LogP contribution in [-0.2, 0) is 4.74 Å². The molecule has 0 saturated heterocycles. The van der Waals surface area contributed by atoms with Crippen LogP contribution in [0.15, 0.2) is 0 Å². The van der Waals surface area contributed by atoms with Gasteiger partial charge in [-0.25, -0.2) is 0 Å². The highest BCUT2D eigenvalue weighted by atomic mass is 16.5. The van der Waals surface area contributed by atoms with Crippen molar-refractivity contribution in [2.24, 2.45) is 11.8 Å². The number of ether oxygens (including phenoxy) is 1. The van der Waals surface area contributed by atoms with Gasteiger partial charge in [-0.2, -0.15) is 0 Å². The van der Waals surface area contributed by atoms with E-state index in [1.54, 1.807) is 0 Å². The third kappa shape index (κ3) is 2.96. The van der Waals surface area contributed by atoms with Gasteiger partial charge in [0.05, 0.1) is 0 Å². The van der Waals surface area contributed by atoms with Crippen LogP contribution in [0.5, 0.6) is 0 Å². The van der Waals surface area contributed by atoms with Gasteiger partial charge in [-0.1, -0.05) is 13.8 Å². The number of hydrogen-bond acceptors (Lipinski definition) is 2. The van der Waals surface area contributed by atoms with E-state index >= 15 is 0 Å². The first-order valence-electron chi connectivity index (χ1n) is 5.60. The van der Waals surface area contributed by atoms with E-state index in [1.165, 1.54) is 12.8 Å². The average Bonchev–Trinajstić information content (AvgIpc) is 2.46. The molecule has 1 N–H and O–H groups in total. The van der Waals surface area contributed by atoms with Gasteiger partial charge in [-0.3, -0.25) is 0 Å². The summed E-state index contributed by atoms with van der Waals surface area (Å²) >= 11 is 0. The molecule has 0 amide bonds. The zero-order chi connectivity index (χ0) is 9.68. The predicted molar refractivity (Wildman–Crippen MR) is 55.8 cm³/mol. The maximum atomic E-state index is 5.49. The van der Waals surface area contributed by atoms with Crippen molar-refractivity contribution >= 4 is 0 Å². The number of hydrogen-bond donors (Lipinski definition) is 1. The zero-order valence-electron chi connectivity index (χ0n) is 9.18. The highest BCUT2D eigenvalue weighted by Gasteiger charge is 2.31. The lowest BCUT2D eigenvalue weighted by Gasteiger charge is -2.20. The minimum absolute atomic E-state index is 0.732. The molecule has 2 heteroatoms. The lowest BCUT2D eigenvalue weighted by Crippen LogP contribution is -2.33. The van der Waals surface area contributed by atoms with E-state index in [2.05, 4.69) is 26.1 Å². The molecule has 0 heterocycles. The van der Waals surface area contributed by atoms with Crippen LogP contribution in [0.3, 0.4) is 0 Å². The molecule has 1 aliphatic carbocycles. The van der Waals surface area contributed by atoms with Crippen LogP contribution >= 0.6 is 0 Å². The number of rotatable bonds is 5. The Bertz CT molecular complexity index is 138. The molecule has 0 radical (unpaired) electrons. The molecule has 1 rings (SSSR count). The van der Waals surface area contributed by atoms with Crippen molar-refractivity contribution in [1.82, 2.24) is 5.32 Å². The van der Waals surface area contributed by atoms with E-state index in [9.17, 15) is 0 Å². The summed E-state index contributed by atoms with van der Waals surface area (Å²) in [6.07, 6.45) is 2.66. The summed E-state index contributed by atoms with van der Waals surface area (Å²) in [5.41, 5.74) is 0. The molecule has 3 unspecified atom stereocenters. The maximum absolute atomic E-state index is 5.49. The highest BCUT2D eigenvalue weighted by molar-refractivity contribution is 4.86. The maximum Gasteiger partial charge on any atom is 0.0497 e. The average molecular weight is 185 g/mol. The first kappa shape index (κ1) is 11.0. The van der Waals surface area contributed by atoms with Crippen LogP contribution in [0.4, 0.5) is 0 Å². The van der Waals surface area contributed by atoms with Gasteiger partial charge < -0.3 is 10.1 Å². The minimum atomic E-state index is 0.732. The quantitative estimate of drug-likeness (QED) is 0.708. The summed E-state index contributed by atoms with van der Waals surface area (Å²) in [4.78, 5) is 0. The van der Waals surface area contributed by atoms with Gasteiger partial charge in [0.25, 0.3) is 0 Å². The predicted octanol–water partition coefficient (Wildman–Crippen LogP) is 2.05. The molecule has 0 spiro atoms. The standard InChI is InChI=1S/C11H23NO/c1-4-12-11-7-6-10(9(11)3)8-13-5-2/h9-12H,4-8H2,1-3H3. The van der Waals surface area contributed by atoms with E-state index < -0.39 is 0 Å². The van der Waals surface area contributed by atoms with Crippen molar-refractivity contribution in [2.45, 2.75) is 39.7 Å². The van der Waals surface area contributed by atoms with Gasteiger partial charge in [0.1, 0.15) is 0 Å². The second-order valence-corrected chi connectivity index (χ2v) is 4.02. The normalized spacial score (nSPS) is 33.9. The van der Waals surface area contributed by atoms with E-state index in [0.29, 0.717) is 0 Å². The fourth-order valence-electron chi connectivity index (χ4n) is 2.30. The molecule has 0 aromatic rings. The lowest BCUT2D eigenvalue weighted by molar-refractivity contribution is 0.0958. The van der Waals surface area contributed by atoms with Crippen LogP contribution in [0, 0.1) is 11.8 Å². The Hall–Kier alpha value is -0.0800. The van der Waals surface area contributed by atoms with Gasteiger partial charge in [0.2, 0.25) is 0 Å². The first-order chi connectivity index (χ1) is 6.29. The molecule has 1 aliphatic rings. The minimum Gasteiger partial charge on any atom is -0.381 e. The smallest absolute Gasteiger partial charge is 0.0497 e. The molecule has 1 saturated carbocycles. The molecule has 2 nitrogen and oxygen atoms in total. The summed E-state index contributed by atoms with van der Waals surface area (Å²) in [7, 11) is 0. The van der Waals surface area contributed by atoms with Crippen molar-refractivity contribution in [3.8, 4) is 0 Å². The van der Waals surface area contributed by atoms with E-state index in [0.717, 1.165) is 37.6 Å². The lowest BCUT2D eigenvalue weighted by atomic mass is 9.96. The molecule has 0 aromatic heterocycles. The monoisotopic (exact) mass is 185 g/mol. The zero-order valence-corrected chi connectivity index (χ0v) is 9.18. The largest absolute Gasteiger partial charge is 0.381 e. The van der Waals surface area contributed by atoms with E-state index in [4.69, 9.17) is 4.74 Å². The molecule has 78 valence electrons. The second-order valence-electron chi connectivity index (χ2n) is 4.02. The Kier molecular flexibility index (Phi) is 4.74. The summed E-state index contributed by atoms with van der Waals surface area (Å²) in [6, 6.07) is 0.732. The van der Waals surface area contributed by atoms with Crippen molar-refractivity contribution in [3.63, 3.8) is 0 Å². The highest BCUT2D eigenvalue weighted by Crippen LogP contribution is 2.31. The van der Waals surface area contributed by atoms with E-state index in [1.807, 2.05) is 0 Å². The van der Waals surface area contributed by atoms with Crippen LogP contribution in [0.25, 0.3) is 0 Å². The molecule has 0 aromatic carbocycles. The third-order valence-electron chi connectivity index (χ3n) is 3.23. The molecule has 1 fully saturated rings. The summed E-state index contributed by atoms with van der Waals surface area (Å²) in [6.45, 7) is 9.51. The molecular weight excluding hydrogens is 162 g/mol. The van der Waals surface area contributed by atoms with Crippen LogP contribution in [0.1, 0.15) is 33.6 Å². The Labute approximate surface area is 82.0 Å². The van der Waals surface area contributed by atoms with Crippen molar-refractivity contribution in [1.29, 1.82) is 0 Å². The van der Waals surface area contributed by atoms with Gasteiger partial charge in [-0.05, 0) is 38.1 Å². The fraction of sp³-hybridized carbons (Fsp3) is 1.00.